The number of thiophene rings is 1. The lowest BCUT2D eigenvalue weighted by Gasteiger charge is -2.13. The first-order valence-electron chi connectivity index (χ1n) is 9.01. The van der Waals surface area contributed by atoms with E-state index in [-0.39, 0.29) is 6.54 Å². The molecule has 0 fully saturated rings. The third kappa shape index (κ3) is 4.27. The zero-order chi connectivity index (χ0) is 22.3. The maximum absolute atomic E-state index is 13.3. The summed E-state index contributed by atoms with van der Waals surface area (Å²) in [6.45, 7) is 1.54. The van der Waals surface area contributed by atoms with Gasteiger partial charge in [0, 0.05) is 15.6 Å². The Bertz CT molecular complexity index is 1460. The van der Waals surface area contributed by atoms with Gasteiger partial charge in [0.15, 0.2) is 0 Å². The first-order chi connectivity index (χ1) is 14.7. The van der Waals surface area contributed by atoms with Crippen molar-refractivity contribution in [2.45, 2.75) is 13.5 Å². The average Bonchev–Trinajstić information content (AvgIpc) is 3.10. The second-order valence-electron chi connectivity index (χ2n) is 6.74. The van der Waals surface area contributed by atoms with Crippen LogP contribution in [0.15, 0.2) is 58.1 Å². The molecule has 6 nitrogen and oxygen atoms in total. The van der Waals surface area contributed by atoms with E-state index >= 15 is 0 Å². The highest BCUT2D eigenvalue weighted by Gasteiger charge is 2.19. The Balaban J connectivity index is 1.81. The zero-order valence-corrected chi connectivity index (χ0v) is 19.1. The normalized spacial score (nSPS) is 11.1. The first-order valence-corrected chi connectivity index (χ1v) is 11.0. The number of fused-ring (bicyclic) bond motifs is 1. The van der Waals surface area contributed by atoms with E-state index in [9.17, 15) is 14.4 Å². The van der Waals surface area contributed by atoms with Gasteiger partial charge in [-0.2, -0.15) is 0 Å². The summed E-state index contributed by atoms with van der Waals surface area (Å²) in [5, 5.41) is 4.08. The maximum atomic E-state index is 13.3. The fraction of sp³-hybridized carbons (Fsp3) is 0.0952. The van der Waals surface area contributed by atoms with Crippen molar-refractivity contribution >= 4 is 68.0 Å². The minimum absolute atomic E-state index is 0.294. The molecule has 2 heterocycles. The summed E-state index contributed by atoms with van der Waals surface area (Å²) in [5.74, 6) is -0.455. The predicted molar refractivity (Wildman–Crippen MR) is 127 cm³/mol. The molecule has 2 aromatic heterocycles. The Morgan fingerprint density at radius 1 is 1.03 bits per heavy atom. The summed E-state index contributed by atoms with van der Waals surface area (Å²) in [7, 11) is 0. The monoisotopic (exact) mass is 493 g/mol. The van der Waals surface area contributed by atoms with Crippen molar-refractivity contribution in [1.29, 1.82) is 0 Å². The van der Waals surface area contributed by atoms with Gasteiger partial charge in [-0.15, -0.1) is 11.3 Å². The molecule has 0 aliphatic carbocycles. The van der Waals surface area contributed by atoms with Crippen LogP contribution >= 0.6 is 46.1 Å². The lowest BCUT2D eigenvalue weighted by molar-refractivity contribution is -0.116. The Morgan fingerprint density at radius 2 is 1.81 bits per heavy atom. The molecule has 0 radical (unpaired) electrons. The standard InChI is InChI=1S/C21H14Cl3N3O3S/c1-11-7-15-19(29)27(14-4-2-3-12(22)8-14)21(30)26(20(15)31-11)10-18(28)25-13-5-6-16(23)17(24)9-13/h2-9H,10H2,1H3,(H,25,28). The molecule has 10 heteroatoms. The number of carbonyl (C=O) groups excluding carboxylic acids is 1. The number of nitrogens with zero attached hydrogens (tertiary/aromatic N) is 2. The van der Waals surface area contributed by atoms with Crippen LogP contribution in [-0.4, -0.2) is 15.0 Å². The molecule has 4 aromatic rings. The van der Waals surface area contributed by atoms with Crippen LogP contribution in [0.1, 0.15) is 4.88 Å². The number of aryl methyl sites for hydroxylation is 1. The zero-order valence-electron chi connectivity index (χ0n) is 16.0. The molecule has 0 unspecified atom stereocenters. The van der Waals surface area contributed by atoms with Crippen LogP contribution in [0.2, 0.25) is 15.1 Å². The molecule has 0 aliphatic heterocycles. The Hall–Kier alpha value is -2.58. The minimum atomic E-state index is -0.633. The molecule has 0 spiro atoms. The molecule has 31 heavy (non-hydrogen) atoms. The molecule has 0 saturated carbocycles. The van der Waals surface area contributed by atoms with Gasteiger partial charge in [-0.05, 0) is 49.4 Å². The number of carbonyl (C=O) groups is 1. The molecule has 1 amide bonds. The molecule has 4 rings (SSSR count). The lowest BCUT2D eigenvalue weighted by Crippen LogP contribution is -2.40. The van der Waals surface area contributed by atoms with Gasteiger partial charge in [0.2, 0.25) is 5.91 Å². The molecule has 0 aliphatic rings. The van der Waals surface area contributed by atoms with E-state index in [1.54, 1.807) is 36.4 Å². The van der Waals surface area contributed by atoms with Crippen molar-refractivity contribution < 1.29 is 4.79 Å². The number of nitrogens with one attached hydrogen (secondary N) is 1. The molecule has 0 saturated heterocycles. The van der Waals surface area contributed by atoms with Crippen LogP contribution in [0.3, 0.4) is 0 Å². The molecular formula is C21H14Cl3N3O3S. The van der Waals surface area contributed by atoms with Crippen molar-refractivity contribution in [1.82, 2.24) is 9.13 Å². The van der Waals surface area contributed by atoms with Crippen LogP contribution < -0.4 is 16.6 Å². The van der Waals surface area contributed by atoms with Gasteiger partial charge in [0.05, 0.1) is 21.1 Å². The highest BCUT2D eigenvalue weighted by Crippen LogP contribution is 2.25. The van der Waals surface area contributed by atoms with Crippen molar-refractivity contribution in [2.75, 3.05) is 5.32 Å². The van der Waals surface area contributed by atoms with Gasteiger partial charge < -0.3 is 5.32 Å². The quantitative estimate of drug-likeness (QED) is 0.428. The number of hydrogen-bond donors (Lipinski definition) is 1. The first kappa shape index (κ1) is 21.6. The van der Waals surface area contributed by atoms with E-state index in [0.717, 1.165) is 9.44 Å². The minimum Gasteiger partial charge on any atom is -0.324 e. The number of hydrogen-bond acceptors (Lipinski definition) is 4. The van der Waals surface area contributed by atoms with Crippen molar-refractivity contribution in [3.05, 3.63) is 89.3 Å². The van der Waals surface area contributed by atoms with Crippen LogP contribution in [0.4, 0.5) is 5.69 Å². The Labute approximate surface area is 195 Å². The van der Waals surface area contributed by atoms with Gasteiger partial charge in [0.25, 0.3) is 5.56 Å². The number of aromatic nitrogens is 2. The van der Waals surface area contributed by atoms with E-state index in [4.69, 9.17) is 34.8 Å². The molecule has 0 bridgehead atoms. The van der Waals surface area contributed by atoms with E-state index in [1.165, 1.54) is 28.0 Å². The third-order valence-corrected chi connectivity index (χ3v) is 6.56. The van der Waals surface area contributed by atoms with Crippen LogP contribution in [-0.2, 0) is 11.3 Å². The second kappa shape index (κ2) is 8.51. The summed E-state index contributed by atoms with van der Waals surface area (Å²) in [4.78, 5) is 40.3. The third-order valence-electron chi connectivity index (χ3n) is 4.51. The Kier molecular flexibility index (Phi) is 5.94. The highest BCUT2D eigenvalue weighted by atomic mass is 35.5. The number of benzene rings is 2. The maximum Gasteiger partial charge on any atom is 0.337 e. The van der Waals surface area contributed by atoms with E-state index in [1.807, 2.05) is 6.92 Å². The van der Waals surface area contributed by atoms with Crippen molar-refractivity contribution in [3.8, 4) is 5.69 Å². The average molecular weight is 495 g/mol. The number of amides is 1. The van der Waals surface area contributed by atoms with Gasteiger partial charge >= 0.3 is 5.69 Å². The van der Waals surface area contributed by atoms with Crippen LogP contribution in [0, 0.1) is 6.92 Å². The number of anilines is 1. The molecule has 1 N–H and O–H groups in total. The largest absolute Gasteiger partial charge is 0.337 e. The topological polar surface area (TPSA) is 73.1 Å². The van der Waals surface area contributed by atoms with Crippen LogP contribution in [0.25, 0.3) is 15.9 Å². The number of halogens is 3. The summed E-state index contributed by atoms with van der Waals surface area (Å²) >= 11 is 19.2. The summed E-state index contributed by atoms with van der Waals surface area (Å²) in [5.41, 5.74) is -0.334. The van der Waals surface area contributed by atoms with E-state index in [0.29, 0.717) is 36.7 Å². The van der Waals surface area contributed by atoms with Crippen molar-refractivity contribution in [2.24, 2.45) is 0 Å². The predicted octanol–water partition coefficient (Wildman–Crippen LogP) is 5.12. The number of rotatable bonds is 4. The summed E-state index contributed by atoms with van der Waals surface area (Å²) in [6, 6.07) is 12.8. The SMILES string of the molecule is Cc1cc2c(=O)n(-c3cccc(Cl)c3)c(=O)n(CC(=O)Nc3ccc(Cl)c(Cl)c3)c2s1. The fourth-order valence-corrected chi connectivity index (χ4v) is 4.64. The van der Waals surface area contributed by atoms with Gasteiger partial charge in [0.1, 0.15) is 11.4 Å². The fourth-order valence-electron chi connectivity index (χ4n) is 3.17. The molecule has 0 atom stereocenters. The van der Waals surface area contributed by atoms with Gasteiger partial charge in [-0.25, -0.2) is 9.36 Å². The molecule has 2 aromatic carbocycles. The van der Waals surface area contributed by atoms with Crippen LogP contribution in [0.5, 0.6) is 0 Å². The molecule has 158 valence electrons. The summed E-state index contributed by atoms with van der Waals surface area (Å²) in [6.07, 6.45) is 0. The lowest BCUT2D eigenvalue weighted by atomic mass is 10.3. The van der Waals surface area contributed by atoms with E-state index in [2.05, 4.69) is 5.32 Å². The molecular weight excluding hydrogens is 481 g/mol. The van der Waals surface area contributed by atoms with Gasteiger partial charge in [-0.1, -0.05) is 40.9 Å². The summed E-state index contributed by atoms with van der Waals surface area (Å²) < 4.78 is 2.30. The van der Waals surface area contributed by atoms with Crippen molar-refractivity contribution in [3.63, 3.8) is 0 Å². The smallest absolute Gasteiger partial charge is 0.324 e. The van der Waals surface area contributed by atoms with E-state index < -0.39 is 17.2 Å². The Morgan fingerprint density at radius 3 is 2.52 bits per heavy atom. The highest BCUT2D eigenvalue weighted by molar-refractivity contribution is 7.18. The second-order valence-corrected chi connectivity index (χ2v) is 9.23. The van der Waals surface area contributed by atoms with Gasteiger partial charge in [-0.3, -0.25) is 14.2 Å².